The van der Waals surface area contributed by atoms with Gasteiger partial charge in [-0.3, -0.25) is 14.0 Å². The molecular formula is C31H33F2N3O4. The smallest absolute Gasteiger partial charge is 0.306 e. The third kappa shape index (κ3) is 6.70. The number of nitrogens with zero attached hydrogens (tertiary/aromatic N) is 3. The highest BCUT2D eigenvalue weighted by Gasteiger charge is 2.29. The standard InChI is InChI=1S/C31H33F2N3O4/c1-5-31(4,16-27(38)39-18-22-10-7-6-8-11-22)15-14-26(37)28-21(3)35-29-30(34-20(2)17-36(28)29)40-19-23-24(32)12-9-13-25(23)33/h6-13,17H,5,14-16,18-19H2,1-4H3/i1D3. The van der Waals surface area contributed by atoms with Gasteiger partial charge in [0.15, 0.2) is 5.78 Å². The second-order valence-electron chi connectivity index (χ2n) is 10.1. The molecule has 2 aromatic heterocycles. The molecule has 4 aromatic rings. The summed E-state index contributed by atoms with van der Waals surface area (Å²) >= 11 is 0. The fourth-order valence-electron chi connectivity index (χ4n) is 4.40. The average Bonchev–Trinajstić information content (AvgIpc) is 3.25. The predicted molar refractivity (Wildman–Crippen MR) is 146 cm³/mol. The van der Waals surface area contributed by atoms with Crippen molar-refractivity contribution in [2.75, 3.05) is 0 Å². The van der Waals surface area contributed by atoms with Crippen LogP contribution in [0.3, 0.4) is 0 Å². The first-order valence-electron chi connectivity index (χ1n) is 14.4. The van der Waals surface area contributed by atoms with Crippen LogP contribution in [-0.4, -0.2) is 26.1 Å². The van der Waals surface area contributed by atoms with Crippen molar-refractivity contribution in [2.45, 2.75) is 66.5 Å². The molecule has 0 N–H and O–H groups in total. The number of carbonyl (C=O) groups is 2. The molecule has 2 heterocycles. The fraction of sp³-hybridized carbons (Fsp3) is 0.355. The SMILES string of the molecule is [2H]C([2H])([2H])CC(C)(CCC(=O)c1c(C)nc2c(OCc3c(F)cccc3F)nc(C)cn12)CC(=O)OCc1ccccc1. The normalized spacial score (nSPS) is 14.2. The topological polar surface area (TPSA) is 82.8 Å². The molecule has 0 saturated carbocycles. The highest BCUT2D eigenvalue weighted by atomic mass is 19.1. The summed E-state index contributed by atoms with van der Waals surface area (Å²) in [6.45, 7) is 2.27. The lowest BCUT2D eigenvalue weighted by Crippen LogP contribution is -2.23. The molecule has 210 valence electrons. The molecule has 0 amide bonds. The number of Topliss-reactive ketones (excluding diaryl/α,β-unsaturated/α-hetero) is 1. The first-order valence-corrected chi connectivity index (χ1v) is 12.9. The number of aryl methyl sites for hydroxylation is 2. The van der Waals surface area contributed by atoms with Gasteiger partial charge in [0.25, 0.3) is 5.88 Å². The Balaban J connectivity index is 1.52. The summed E-state index contributed by atoms with van der Waals surface area (Å²) in [6, 6.07) is 12.6. The molecule has 1 unspecified atom stereocenters. The van der Waals surface area contributed by atoms with Gasteiger partial charge in [0.1, 0.15) is 30.5 Å². The van der Waals surface area contributed by atoms with E-state index in [-0.39, 0.29) is 60.9 Å². The summed E-state index contributed by atoms with van der Waals surface area (Å²) in [5.74, 6) is -2.40. The molecule has 0 bridgehead atoms. The molecule has 0 saturated heterocycles. The number of fused-ring (bicyclic) bond motifs is 1. The van der Waals surface area contributed by atoms with Crippen molar-refractivity contribution in [3.05, 3.63) is 94.6 Å². The van der Waals surface area contributed by atoms with E-state index in [1.807, 2.05) is 30.3 Å². The maximum absolute atomic E-state index is 14.1. The Morgan fingerprint density at radius 1 is 1.02 bits per heavy atom. The van der Waals surface area contributed by atoms with Crippen LogP contribution >= 0.6 is 0 Å². The summed E-state index contributed by atoms with van der Waals surface area (Å²) in [5.41, 5.74) is 0.774. The molecule has 0 fully saturated rings. The van der Waals surface area contributed by atoms with Crippen molar-refractivity contribution >= 4 is 17.4 Å². The van der Waals surface area contributed by atoms with Crippen molar-refractivity contribution in [3.8, 4) is 5.88 Å². The van der Waals surface area contributed by atoms with E-state index in [0.29, 0.717) is 11.4 Å². The molecular weight excluding hydrogens is 516 g/mol. The van der Waals surface area contributed by atoms with Gasteiger partial charge in [0, 0.05) is 16.7 Å². The van der Waals surface area contributed by atoms with E-state index in [0.717, 1.165) is 17.7 Å². The zero-order valence-corrected chi connectivity index (χ0v) is 22.7. The molecule has 40 heavy (non-hydrogen) atoms. The van der Waals surface area contributed by atoms with Gasteiger partial charge in [-0.1, -0.05) is 56.6 Å². The molecule has 0 aliphatic heterocycles. The lowest BCUT2D eigenvalue weighted by Gasteiger charge is -2.27. The van der Waals surface area contributed by atoms with Crippen LogP contribution in [0.5, 0.6) is 5.88 Å². The monoisotopic (exact) mass is 552 g/mol. The Hall–Kier alpha value is -4.14. The number of benzene rings is 2. The number of carbonyl (C=O) groups excluding carboxylic acids is 2. The Morgan fingerprint density at radius 3 is 2.45 bits per heavy atom. The number of ketones is 1. The first kappa shape index (κ1) is 24.9. The quantitative estimate of drug-likeness (QED) is 0.143. The van der Waals surface area contributed by atoms with E-state index in [2.05, 4.69) is 9.97 Å². The Morgan fingerprint density at radius 2 is 1.75 bits per heavy atom. The van der Waals surface area contributed by atoms with Crippen LogP contribution in [-0.2, 0) is 22.7 Å². The van der Waals surface area contributed by atoms with Gasteiger partial charge >= 0.3 is 5.97 Å². The molecule has 0 aliphatic carbocycles. The summed E-state index contributed by atoms with van der Waals surface area (Å²) in [4.78, 5) is 35.0. The van der Waals surface area contributed by atoms with Crippen LogP contribution < -0.4 is 4.74 Å². The van der Waals surface area contributed by atoms with E-state index >= 15 is 0 Å². The molecule has 4 rings (SSSR count). The minimum absolute atomic E-state index is 0.00166. The van der Waals surface area contributed by atoms with Gasteiger partial charge in [-0.15, -0.1) is 0 Å². The van der Waals surface area contributed by atoms with Crippen molar-refractivity contribution in [3.63, 3.8) is 0 Å². The highest BCUT2D eigenvalue weighted by molar-refractivity contribution is 5.96. The maximum atomic E-state index is 14.1. The van der Waals surface area contributed by atoms with Crippen molar-refractivity contribution in [2.24, 2.45) is 5.41 Å². The number of aromatic nitrogens is 3. The third-order valence-corrected chi connectivity index (χ3v) is 6.75. The molecule has 0 aliphatic rings. The number of halogens is 2. The summed E-state index contributed by atoms with van der Waals surface area (Å²) in [7, 11) is 0. The van der Waals surface area contributed by atoms with Crippen LogP contribution in [0.2, 0.25) is 0 Å². The number of esters is 1. The van der Waals surface area contributed by atoms with Crippen LogP contribution in [0.25, 0.3) is 5.65 Å². The van der Waals surface area contributed by atoms with E-state index < -0.39 is 36.5 Å². The van der Waals surface area contributed by atoms with Crippen molar-refractivity contribution in [1.82, 2.24) is 14.4 Å². The van der Waals surface area contributed by atoms with Crippen LogP contribution in [0.4, 0.5) is 8.78 Å². The number of ether oxygens (including phenoxy) is 2. The van der Waals surface area contributed by atoms with Crippen LogP contribution in [0, 0.1) is 30.9 Å². The predicted octanol–water partition coefficient (Wildman–Crippen LogP) is 6.72. The lowest BCUT2D eigenvalue weighted by molar-refractivity contribution is -0.147. The van der Waals surface area contributed by atoms with Crippen molar-refractivity contribution < 1.29 is 32.0 Å². The lowest BCUT2D eigenvalue weighted by atomic mass is 9.79. The fourth-order valence-corrected chi connectivity index (χ4v) is 4.40. The first-order chi connectivity index (χ1) is 20.2. The molecule has 0 spiro atoms. The molecule has 0 radical (unpaired) electrons. The summed E-state index contributed by atoms with van der Waals surface area (Å²) in [5, 5.41) is 0. The van der Waals surface area contributed by atoms with E-state index in [1.165, 1.54) is 10.5 Å². The molecule has 2 aromatic carbocycles. The zero-order valence-electron chi connectivity index (χ0n) is 25.7. The summed E-state index contributed by atoms with van der Waals surface area (Å²) < 4.78 is 64.3. The van der Waals surface area contributed by atoms with Crippen LogP contribution in [0.15, 0.2) is 54.7 Å². The average molecular weight is 553 g/mol. The maximum Gasteiger partial charge on any atom is 0.306 e. The van der Waals surface area contributed by atoms with Crippen molar-refractivity contribution in [1.29, 1.82) is 0 Å². The largest absolute Gasteiger partial charge is 0.470 e. The Labute approximate surface area is 236 Å². The zero-order chi connectivity index (χ0) is 31.4. The number of imidazole rings is 1. The summed E-state index contributed by atoms with van der Waals surface area (Å²) in [6.07, 6.45) is 1.18. The van der Waals surface area contributed by atoms with Gasteiger partial charge in [0.05, 0.1) is 23.4 Å². The van der Waals surface area contributed by atoms with Gasteiger partial charge in [-0.25, -0.2) is 18.7 Å². The Bertz CT molecular complexity index is 1610. The third-order valence-electron chi connectivity index (χ3n) is 6.75. The van der Waals surface area contributed by atoms with Gasteiger partial charge in [-0.2, -0.15) is 0 Å². The molecule has 1 atom stereocenters. The second kappa shape index (κ2) is 12.4. The van der Waals surface area contributed by atoms with Gasteiger partial charge < -0.3 is 9.47 Å². The minimum Gasteiger partial charge on any atom is -0.470 e. The number of hydrogen-bond acceptors (Lipinski definition) is 6. The van der Waals surface area contributed by atoms with Crippen LogP contribution in [0.1, 0.15) is 76.6 Å². The number of hydrogen-bond donors (Lipinski definition) is 0. The van der Waals surface area contributed by atoms with E-state index in [1.54, 1.807) is 27.0 Å². The van der Waals surface area contributed by atoms with E-state index in [9.17, 15) is 18.4 Å². The van der Waals surface area contributed by atoms with E-state index in [4.69, 9.17) is 13.6 Å². The second-order valence-corrected chi connectivity index (χ2v) is 10.1. The minimum atomic E-state index is -2.33. The van der Waals surface area contributed by atoms with Gasteiger partial charge in [-0.05, 0) is 43.4 Å². The highest BCUT2D eigenvalue weighted by Crippen LogP contribution is 2.33. The molecule has 7 nitrogen and oxygen atoms in total. The Kier molecular flexibility index (Phi) is 7.69. The number of rotatable bonds is 12. The van der Waals surface area contributed by atoms with Gasteiger partial charge in [0.2, 0.25) is 5.65 Å². The molecule has 9 heteroatoms.